The first-order valence-corrected chi connectivity index (χ1v) is 8.52. The summed E-state index contributed by atoms with van der Waals surface area (Å²) in [6.45, 7) is 2.75. The predicted molar refractivity (Wildman–Crippen MR) is 107 cm³/mol. The predicted octanol–water partition coefficient (Wildman–Crippen LogP) is 3.22. The van der Waals surface area contributed by atoms with Crippen molar-refractivity contribution >= 4 is 29.9 Å². The van der Waals surface area contributed by atoms with Gasteiger partial charge in [0.15, 0.2) is 5.96 Å². The monoisotopic (exact) mass is 445 g/mol. The van der Waals surface area contributed by atoms with Gasteiger partial charge in [0.1, 0.15) is 11.5 Å². The second kappa shape index (κ2) is 8.78. The van der Waals surface area contributed by atoms with Gasteiger partial charge in [-0.25, -0.2) is 0 Å². The molecule has 1 saturated heterocycles. The number of nitrogens with one attached hydrogen (secondary N) is 1. The Bertz CT molecular complexity index is 565. The number of hydrogen-bond acceptors (Lipinski definition) is 3. The highest BCUT2D eigenvalue weighted by molar-refractivity contribution is 14.0. The average Bonchev–Trinajstić information content (AvgIpc) is 3.00. The van der Waals surface area contributed by atoms with Crippen LogP contribution in [0.15, 0.2) is 23.2 Å². The fraction of sp³-hybridized carbons (Fsp3) is 0.611. The van der Waals surface area contributed by atoms with Gasteiger partial charge in [-0.1, -0.05) is 12.8 Å². The molecule has 1 aromatic rings. The molecule has 1 saturated carbocycles. The third-order valence-electron chi connectivity index (χ3n) is 5.21. The first-order valence-electron chi connectivity index (χ1n) is 8.52. The van der Waals surface area contributed by atoms with Crippen LogP contribution in [0.5, 0.6) is 11.5 Å². The topological polar surface area (TPSA) is 57.1 Å². The van der Waals surface area contributed by atoms with E-state index in [1.54, 1.807) is 19.2 Å². The average molecular weight is 445 g/mol. The van der Waals surface area contributed by atoms with Crippen molar-refractivity contribution in [2.24, 2.45) is 16.8 Å². The second-order valence-corrected chi connectivity index (χ2v) is 6.61. The maximum Gasteiger partial charge on any atom is 0.193 e. The molecule has 134 valence electrons. The van der Waals surface area contributed by atoms with E-state index in [0.29, 0.717) is 6.54 Å². The molecule has 2 unspecified atom stereocenters. The fourth-order valence-electron chi connectivity index (χ4n) is 3.92. The number of phenols is 1. The smallest absolute Gasteiger partial charge is 0.193 e. The van der Waals surface area contributed by atoms with Crippen molar-refractivity contribution in [1.29, 1.82) is 0 Å². The number of nitrogens with zero attached hydrogens (tertiary/aromatic N) is 2. The number of aliphatic imine (C=N–C) groups is 1. The van der Waals surface area contributed by atoms with Crippen LogP contribution < -0.4 is 10.1 Å². The van der Waals surface area contributed by atoms with Crippen LogP contribution in [0, 0.1) is 11.8 Å². The van der Waals surface area contributed by atoms with Crippen molar-refractivity contribution in [2.75, 3.05) is 27.2 Å². The molecule has 1 aliphatic carbocycles. The largest absolute Gasteiger partial charge is 0.508 e. The first-order chi connectivity index (χ1) is 11.2. The van der Waals surface area contributed by atoms with Crippen LogP contribution >= 0.6 is 24.0 Å². The van der Waals surface area contributed by atoms with Gasteiger partial charge in [0, 0.05) is 32.2 Å². The lowest BCUT2D eigenvalue weighted by Gasteiger charge is -2.22. The van der Waals surface area contributed by atoms with Crippen LogP contribution in [0.3, 0.4) is 0 Å². The number of ether oxygens (including phenoxy) is 1. The summed E-state index contributed by atoms with van der Waals surface area (Å²) < 4.78 is 5.23. The zero-order valence-corrected chi connectivity index (χ0v) is 16.8. The van der Waals surface area contributed by atoms with Crippen molar-refractivity contribution in [1.82, 2.24) is 10.2 Å². The number of hydrogen-bond donors (Lipinski definition) is 2. The summed E-state index contributed by atoms with van der Waals surface area (Å²) in [6.07, 6.45) is 5.46. The molecule has 1 heterocycles. The van der Waals surface area contributed by atoms with Crippen LogP contribution in [0.2, 0.25) is 0 Å². The van der Waals surface area contributed by atoms with Crippen molar-refractivity contribution in [3.63, 3.8) is 0 Å². The number of phenolic OH excluding ortho intramolecular Hbond substituents is 1. The number of benzene rings is 1. The van der Waals surface area contributed by atoms with Crippen molar-refractivity contribution in [3.8, 4) is 11.5 Å². The van der Waals surface area contributed by atoms with E-state index in [2.05, 4.69) is 15.2 Å². The van der Waals surface area contributed by atoms with Crippen LogP contribution in [-0.2, 0) is 6.54 Å². The van der Waals surface area contributed by atoms with Gasteiger partial charge in [-0.15, -0.1) is 24.0 Å². The quantitative estimate of drug-likeness (QED) is 0.426. The molecule has 3 rings (SSSR count). The number of methoxy groups -OCH3 is 1. The van der Waals surface area contributed by atoms with Gasteiger partial charge in [-0.2, -0.15) is 0 Å². The molecule has 5 nitrogen and oxygen atoms in total. The van der Waals surface area contributed by atoms with Crippen molar-refractivity contribution in [2.45, 2.75) is 32.2 Å². The lowest BCUT2D eigenvalue weighted by molar-refractivity contribution is 0.299. The Labute approximate surface area is 161 Å². The number of likely N-dealkylation sites (tertiary alicyclic amines) is 1. The molecule has 2 N–H and O–H groups in total. The van der Waals surface area contributed by atoms with Gasteiger partial charge >= 0.3 is 0 Å². The van der Waals surface area contributed by atoms with Gasteiger partial charge in [0.2, 0.25) is 0 Å². The van der Waals surface area contributed by atoms with Gasteiger partial charge in [0.05, 0.1) is 7.11 Å². The second-order valence-electron chi connectivity index (χ2n) is 6.61. The lowest BCUT2D eigenvalue weighted by Crippen LogP contribution is -2.39. The van der Waals surface area contributed by atoms with Crippen LogP contribution in [0.4, 0.5) is 0 Å². The highest BCUT2D eigenvalue weighted by atomic mass is 127. The normalized spacial score (nSPS) is 23.4. The molecule has 0 spiro atoms. The Kier molecular flexibility index (Phi) is 7.01. The number of rotatable bonds is 3. The summed E-state index contributed by atoms with van der Waals surface area (Å²) in [5, 5.41) is 13.4. The van der Waals surface area contributed by atoms with Crippen LogP contribution in [-0.4, -0.2) is 43.2 Å². The third-order valence-corrected chi connectivity index (χ3v) is 5.21. The third kappa shape index (κ3) is 4.26. The Morgan fingerprint density at radius 2 is 1.96 bits per heavy atom. The highest BCUT2D eigenvalue weighted by Crippen LogP contribution is 2.36. The fourth-order valence-corrected chi connectivity index (χ4v) is 3.92. The molecule has 6 heteroatoms. The molecule has 0 amide bonds. The van der Waals surface area contributed by atoms with E-state index in [-0.39, 0.29) is 29.7 Å². The molecule has 2 fully saturated rings. The van der Waals surface area contributed by atoms with Gasteiger partial charge < -0.3 is 20.1 Å². The summed E-state index contributed by atoms with van der Waals surface area (Å²) in [4.78, 5) is 6.81. The lowest BCUT2D eigenvalue weighted by atomic mass is 9.82. The Morgan fingerprint density at radius 1 is 1.29 bits per heavy atom. The Balaban J connectivity index is 0.00000208. The van der Waals surface area contributed by atoms with Gasteiger partial charge in [0.25, 0.3) is 0 Å². The van der Waals surface area contributed by atoms with Gasteiger partial charge in [-0.05, 0) is 42.9 Å². The van der Waals surface area contributed by atoms with E-state index in [0.717, 1.165) is 42.2 Å². The maximum absolute atomic E-state index is 10.0. The van der Waals surface area contributed by atoms with Crippen molar-refractivity contribution < 1.29 is 9.84 Å². The summed E-state index contributed by atoms with van der Waals surface area (Å²) in [5.41, 5.74) is 0.821. The van der Waals surface area contributed by atoms with Crippen LogP contribution in [0.25, 0.3) is 0 Å². The minimum atomic E-state index is 0. The minimum Gasteiger partial charge on any atom is -0.508 e. The highest BCUT2D eigenvalue weighted by Gasteiger charge is 2.35. The molecular weight excluding hydrogens is 417 g/mol. The summed E-state index contributed by atoms with van der Waals surface area (Å²) >= 11 is 0. The number of guanidine groups is 1. The molecule has 0 radical (unpaired) electrons. The molecule has 2 aliphatic rings. The summed E-state index contributed by atoms with van der Waals surface area (Å²) in [6, 6.07) is 5.29. The minimum absolute atomic E-state index is 0. The molecule has 0 bridgehead atoms. The SMILES string of the molecule is CN=C(NCc1cc(OC)ccc1O)N1CC2CCCCC2C1.I. The zero-order chi connectivity index (χ0) is 16.2. The maximum atomic E-state index is 10.0. The number of aromatic hydroxyl groups is 1. The van der Waals surface area contributed by atoms with E-state index in [1.165, 1.54) is 25.7 Å². The first kappa shape index (κ1) is 19.1. The number of halogens is 1. The Morgan fingerprint density at radius 3 is 2.54 bits per heavy atom. The van der Waals surface area contributed by atoms with E-state index >= 15 is 0 Å². The van der Waals surface area contributed by atoms with Crippen LogP contribution in [0.1, 0.15) is 31.2 Å². The molecule has 24 heavy (non-hydrogen) atoms. The molecule has 1 aromatic carbocycles. The zero-order valence-electron chi connectivity index (χ0n) is 14.5. The summed E-state index contributed by atoms with van der Waals surface area (Å²) in [5.74, 6) is 3.62. The van der Waals surface area contributed by atoms with Crippen molar-refractivity contribution in [3.05, 3.63) is 23.8 Å². The van der Waals surface area contributed by atoms with Gasteiger partial charge in [-0.3, -0.25) is 4.99 Å². The van der Waals surface area contributed by atoms with E-state index in [4.69, 9.17) is 4.74 Å². The Hall–Kier alpha value is -1.18. The molecule has 0 aromatic heterocycles. The molecular formula is C18H28IN3O2. The standard InChI is InChI=1S/C18H27N3O2.HI/c1-19-18(21-11-13-5-3-4-6-14(13)12-21)20-10-15-9-16(23-2)7-8-17(15)22;/h7-9,13-14,22H,3-6,10-12H2,1-2H3,(H,19,20);1H. The number of fused-ring (bicyclic) bond motifs is 1. The van der Waals surface area contributed by atoms with E-state index in [9.17, 15) is 5.11 Å². The molecule has 1 aliphatic heterocycles. The van der Waals surface area contributed by atoms with E-state index < -0.39 is 0 Å². The van der Waals surface area contributed by atoms with E-state index in [1.807, 2.05) is 13.1 Å². The summed E-state index contributed by atoms with van der Waals surface area (Å²) in [7, 11) is 3.46. The molecule has 2 atom stereocenters.